The fourth-order valence-corrected chi connectivity index (χ4v) is 1.82. The molecule has 1 aromatic rings. The molecule has 0 aliphatic carbocycles. The van der Waals surface area contributed by atoms with Gasteiger partial charge in [-0.3, -0.25) is 4.79 Å². The fourth-order valence-electron chi connectivity index (χ4n) is 1.56. The number of carbonyl (C=O) groups excluding carboxylic acids is 1. The second-order valence-corrected chi connectivity index (χ2v) is 4.48. The van der Waals surface area contributed by atoms with Gasteiger partial charge in [0.15, 0.2) is 0 Å². The minimum atomic E-state index is -0.137. The Kier molecular flexibility index (Phi) is 3.38. The molecule has 0 bridgehead atoms. The predicted octanol–water partition coefficient (Wildman–Crippen LogP) is 1.96. The average Bonchev–Trinajstić information content (AvgIpc) is 2.74. The van der Waals surface area contributed by atoms with E-state index in [1.165, 1.54) is 0 Å². The molecule has 1 saturated heterocycles. The van der Waals surface area contributed by atoms with E-state index in [1.54, 1.807) is 12.1 Å². The average molecular weight is 270 g/mol. The number of rotatable bonds is 2. The number of hydrogen-bond acceptors (Lipinski definition) is 3. The number of esters is 1. The molecular weight excluding hydrogens is 258 g/mol. The second kappa shape index (κ2) is 4.77. The first-order valence-electron chi connectivity index (χ1n) is 4.94. The fraction of sp³-hybridized carbons (Fsp3) is 0.364. The molecule has 1 fully saturated rings. The summed E-state index contributed by atoms with van der Waals surface area (Å²) in [5.41, 5.74) is 0. The van der Waals surface area contributed by atoms with Crippen molar-refractivity contribution in [3.05, 3.63) is 28.7 Å². The van der Waals surface area contributed by atoms with Crippen molar-refractivity contribution in [3.63, 3.8) is 0 Å². The van der Waals surface area contributed by atoms with Crippen LogP contribution in [0.2, 0.25) is 0 Å². The van der Waals surface area contributed by atoms with Gasteiger partial charge in [-0.15, -0.1) is 0 Å². The van der Waals surface area contributed by atoms with Crippen LogP contribution in [0, 0.1) is 5.92 Å². The van der Waals surface area contributed by atoms with Gasteiger partial charge in [-0.2, -0.15) is 0 Å². The molecule has 0 saturated carbocycles. The Balaban J connectivity index is 1.96. The largest absolute Gasteiger partial charge is 0.426 e. The molecule has 4 heteroatoms. The molecule has 15 heavy (non-hydrogen) atoms. The monoisotopic (exact) mass is 269 g/mol. The first-order chi connectivity index (χ1) is 7.25. The minimum Gasteiger partial charge on any atom is -0.426 e. The molecule has 3 nitrogen and oxygen atoms in total. The Bertz CT molecular complexity index is 344. The molecule has 0 spiro atoms. The molecule has 1 aliphatic heterocycles. The highest BCUT2D eigenvalue weighted by atomic mass is 79.9. The van der Waals surface area contributed by atoms with Crippen molar-refractivity contribution in [2.75, 3.05) is 13.1 Å². The number of halogens is 1. The highest BCUT2D eigenvalue weighted by Gasteiger charge is 2.24. The van der Waals surface area contributed by atoms with E-state index in [4.69, 9.17) is 4.74 Å². The zero-order chi connectivity index (χ0) is 10.7. The smallest absolute Gasteiger partial charge is 0.315 e. The van der Waals surface area contributed by atoms with Crippen molar-refractivity contribution in [2.45, 2.75) is 6.42 Å². The van der Waals surface area contributed by atoms with Crippen molar-refractivity contribution < 1.29 is 9.53 Å². The Labute approximate surface area is 96.9 Å². The maximum absolute atomic E-state index is 11.6. The van der Waals surface area contributed by atoms with E-state index < -0.39 is 0 Å². The van der Waals surface area contributed by atoms with Gasteiger partial charge in [0, 0.05) is 11.0 Å². The van der Waals surface area contributed by atoms with Gasteiger partial charge in [0.25, 0.3) is 0 Å². The Morgan fingerprint density at radius 1 is 1.40 bits per heavy atom. The number of ether oxygens (including phenoxy) is 1. The van der Waals surface area contributed by atoms with Crippen LogP contribution in [-0.4, -0.2) is 19.1 Å². The summed E-state index contributed by atoms with van der Waals surface area (Å²) in [6.07, 6.45) is 0.870. The van der Waals surface area contributed by atoms with Crippen LogP contribution in [0.5, 0.6) is 5.75 Å². The lowest BCUT2D eigenvalue weighted by atomic mass is 10.1. The van der Waals surface area contributed by atoms with Crippen molar-refractivity contribution in [1.29, 1.82) is 0 Å². The second-order valence-electron chi connectivity index (χ2n) is 3.56. The van der Waals surface area contributed by atoms with Gasteiger partial charge < -0.3 is 10.1 Å². The lowest BCUT2D eigenvalue weighted by molar-refractivity contribution is -0.138. The Morgan fingerprint density at radius 3 is 2.73 bits per heavy atom. The molecule has 0 amide bonds. The number of nitrogens with one attached hydrogen (secondary N) is 1. The topological polar surface area (TPSA) is 38.3 Å². The summed E-state index contributed by atoms with van der Waals surface area (Å²) < 4.78 is 6.23. The first kappa shape index (κ1) is 10.6. The third-order valence-electron chi connectivity index (χ3n) is 2.43. The van der Waals surface area contributed by atoms with Crippen LogP contribution in [0.15, 0.2) is 28.7 Å². The molecule has 1 N–H and O–H groups in total. The summed E-state index contributed by atoms with van der Waals surface area (Å²) in [4.78, 5) is 11.6. The summed E-state index contributed by atoms with van der Waals surface area (Å²) in [7, 11) is 0. The molecule has 1 atom stereocenters. The van der Waals surface area contributed by atoms with Crippen LogP contribution >= 0.6 is 15.9 Å². The van der Waals surface area contributed by atoms with E-state index in [-0.39, 0.29) is 11.9 Å². The van der Waals surface area contributed by atoms with Gasteiger partial charge in [0.2, 0.25) is 0 Å². The van der Waals surface area contributed by atoms with Crippen molar-refractivity contribution in [3.8, 4) is 5.75 Å². The molecule has 1 aromatic carbocycles. The van der Waals surface area contributed by atoms with Gasteiger partial charge in [0.05, 0.1) is 5.92 Å². The zero-order valence-electron chi connectivity index (χ0n) is 8.20. The molecule has 0 unspecified atom stereocenters. The third kappa shape index (κ3) is 2.79. The normalized spacial score (nSPS) is 20.2. The maximum Gasteiger partial charge on any atom is 0.315 e. The van der Waals surface area contributed by atoms with Gasteiger partial charge in [-0.25, -0.2) is 0 Å². The summed E-state index contributed by atoms with van der Waals surface area (Å²) in [6, 6.07) is 7.28. The Morgan fingerprint density at radius 2 is 2.13 bits per heavy atom. The van der Waals surface area contributed by atoms with Gasteiger partial charge >= 0.3 is 5.97 Å². The molecule has 2 rings (SSSR count). The molecule has 80 valence electrons. The molecular formula is C11H12BrNO2. The number of carbonyl (C=O) groups is 1. The highest BCUT2D eigenvalue weighted by molar-refractivity contribution is 9.10. The van der Waals surface area contributed by atoms with Crippen LogP contribution in [0.1, 0.15) is 6.42 Å². The van der Waals surface area contributed by atoms with Gasteiger partial charge in [-0.05, 0) is 37.2 Å². The molecule has 1 aliphatic rings. The lowest BCUT2D eigenvalue weighted by Gasteiger charge is -2.08. The Hall–Kier alpha value is -0.870. The number of hydrogen-bond donors (Lipinski definition) is 1. The molecule has 0 aromatic heterocycles. The first-order valence-corrected chi connectivity index (χ1v) is 5.73. The standard InChI is InChI=1S/C11H12BrNO2/c12-9-1-3-10(4-2-9)15-11(14)8-5-6-13-7-8/h1-4,8,13H,5-7H2/t8-/m1/s1. The van der Waals surface area contributed by atoms with Gasteiger partial charge in [0.1, 0.15) is 5.75 Å². The molecule has 0 radical (unpaired) electrons. The highest BCUT2D eigenvalue weighted by Crippen LogP contribution is 2.18. The summed E-state index contributed by atoms with van der Waals surface area (Å²) >= 11 is 3.33. The SMILES string of the molecule is O=C(Oc1ccc(Br)cc1)[C@@H]1CCNC1. The number of benzene rings is 1. The van der Waals surface area contributed by atoms with E-state index in [1.807, 2.05) is 12.1 Å². The third-order valence-corrected chi connectivity index (χ3v) is 2.95. The van der Waals surface area contributed by atoms with Crippen LogP contribution in [0.25, 0.3) is 0 Å². The van der Waals surface area contributed by atoms with Crippen LogP contribution in [0.4, 0.5) is 0 Å². The lowest BCUT2D eigenvalue weighted by Crippen LogP contribution is -2.22. The van der Waals surface area contributed by atoms with Crippen LogP contribution < -0.4 is 10.1 Å². The summed E-state index contributed by atoms with van der Waals surface area (Å²) in [5.74, 6) is 0.478. The minimum absolute atomic E-state index is 0.00801. The predicted molar refractivity (Wildman–Crippen MR) is 60.8 cm³/mol. The van der Waals surface area contributed by atoms with E-state index in [0.29, 0.717) is 5.75 Å². The van der Waals surface area contributed by atoms with Crippen molar-refractivity contribution in [2.24, 2.45) is 5.92 Å². The molecule has 1 heterocycles. The van der Waals surface area contributed by atoms with Gasteiger partial charge in [-0.1, -0.05) is 15.9 Å². The van der Waals surface area contributed by atoms with E-state index in [2.05, 4.69) is 21.2 Å². The maximum atomic E-state index is 11.6. The van der Waals surface area contributed by atoms with E-state index in [9.17, 15) is 4.79 Å². The summed E-state index contributed by atoms with van der Waals surface area (Å²) in [6.45, 7) is 1.63. The van der Waals surface area contributed by atoms with Crippen molar-refractivity contribution >= 4 is 21.9 Å². The van der Waals surface area contributed by atoms with Crippen LogP contribution in [0.3, 0.4) is 0 Å². The zero-order valence-corrected chi connectivity index (χ0v) is 9.79. The summed E-state index contributed by atoms with van der Waals surface area (Å²) in [5, 5.41) is 3.14. The van der Waals surface area contributed by atoms with Crippen LogP contribution in [-0.2, 0) is 4.79 Å². The van der Waals surface area contributed by atoms with E-state index >= 15 is 0 Å². The van der Waals surface area contributed by atoms with Crippen molar-refractivity contribution in [1.82, 2.24) is 5.32 Å². The quantitative estimate of drug-likeness (QED) is 0.659. The van der Waals surface area contributed by atoms with E-state index in [0.717, 1.165) is 24.0 Å².